The van der Waals surface area contributed by atoms with Gasteiger partial charge in [0.2, 0.25) is 0 Å². The first kappa shape index (κ1) is 19.6. The van der Waals surface area contributed by atoms with Crippen LogP contribution in [0.1, 0.15) is 23.7 Å². The number of carbonyl (C=O) groups is 1. The van der Waals surface area contributed by atoms with E-state index in [9.17, 15) is 4.79 Å². The number of aryl methyl sites for hydroxylation is 2. The third-order valence-electron chi connectivity index (χ3n) is 4.14. The monoisotopic (exact) mass is 396 g/mol. The molecule has 0 atom stereocenters. The van der Waals surface area contributed by atoms with Crippen molar-refractivity contribution >= 4 is 23.7 Å². The van der Waals surface area contributed by atoms with Gasteiger partial charge in [0.1, 0.15) is 10.9 Å². The van der Waals surface area contributed by atoms with Crippen molar-refractivity contribution in [1.29, 1.82) is 0 Å². The predicted molar refractivity (Wildman–Crippen MR) is 110 cm³/mol. The fourth-order valence-electron chi connectivity index (χ4n) is 2.68. The Hall–Kier alpha value is -3.12. The van der Waals surface area contributed by atoms with E-state index in [1.54, 1.807) is 4.68 Å². The SMILES string of the molecule is CCc1ccccc1OCC(=O)N/N=C\c1c(C)nn(-c2ccccc2)c1Cl. The summed E-state index contributed by atoms with van der Waals surface area (Å²) in [5, 5.41) is 8.84. The smallest absolute Gasteiger partial charge is 0.277 e. The number of hydrazone groups is 1. The van der Waals surface area contributed by atoms with Gasteiger partial charge < -0.3 is 4.74 Å². The molecule has 0 bridgehead atoms. The average molecular weight is 397 g/mol. The number of carbonyl (C=O) groups excluding carboxylic acids is 1. The van der Waals surface area contributed by atoms with Crippen LogP contribution in [0.4, 0.5) is 0 Å². The van der Waals surface area contributed by atoms with Crippen LogP contribution >= 0.6 is 11.6 Å². The Labute approximate surface area is 168 Å². The van der Waals surface area contributed by atoms with E-state index in [1.165, 1.54) is 6.21 Å². The van der Waals surface area contributed by atoms with Crippen molar-refractivity contribution in [3.63, 3.8) is 0 Å². The van der Waals surface area contributed by atoms with Crippen molar-refractivity contribution < 1.29 is 9.53 Å². The molecule has 0 saturated heterocycles. The van der Waals surface area contributed by atoms with Gasteiger partial charge in [0, 0.05) is 0 Å². The summed E-state index contributed by atoms with van der Waals surface area (Å²) >= 11 is 6.43. The molecule has 144 valence electrons. The molecule has 0 saturated carbocycles. The summed E-state index contributed by atoms with van der Waals surface area (Å²) in [5.41, 5.74) is 5.70. The lowest BCUT2D eigenvalue weighted by atomic mass is 10.1. The van der Waals surface area contributed by atoms with E-state index in [0.29, 0.717) is 22.2 Å². The van der Waals surface area contributed by atoms with Crippen molar-refractivity contribution in [2.75, 3.05) is 6.61 Å². The number of benzene rings is 2. The van der Waals surface area contributed by atoms with Crippen LogP contribution in [-0.2, 0) is 11.2 Å². The average Bonchev–Trinajstić information content (AvgIpc) is 3.01. The second kappa shape index (κ2) is 9.19. The van der Waals surface area contributed by atoms with E-state index >= 15 is 0 Å². The van der Waals surface area contributed by atoms with E-state index in [-0.39, 0.29) is 12.5 Å². The minimum absolute atomic E-state index is 0.121. The topological polar surface area (TPSA) is 68.5 Å². The minimum Gasteiger partial charge on any atom is -0.483 e. The Morgan fingerprint density at radius 3 is 2.68 bits per heavy atom. The number of nitrogens with zero attached hydrogens (tertiary/aromatic N) is 3. The number of para-hydroxylation sites is 2. The summed E-state index contributed by atoms with van der Waals surface area (Å²) in [6.07, 6.45) is 2.32. The normalized spacial score (nSPS) is 11.0. The second-order valence-corrected chi connectivity index (χ2v) is 6.44. The third-order valence-corrected chi connectivity index (χ3v) is 4.51. The number of halogens is 1. The molecule has 3 rings (SSSR count). The molecule has 0 aliphatic carbocycles. The number of aromatic nitrogens is 2. The Morgan fingerprint density at radius 1 is 1.21 bits per heavy atom. The van der Waals surface area contributed by atoms with Gasteiger partial charge in [0.15, 0.2) is 6.61 Å². The summed E-state index contributed by atoms with van der Waals surface area (Å²) in [6.45, 7) is 3.75. The fraction of sp³-hybridized carbons (Fsp3) is 0.190. The molecule has 0 aliphatic heterocycles. The van der Waals surface area contributed by atoms with Gasteiger partial charge in [-0.2, -0.15) is 10.2 Å². The summed E-state index contributed by atoms with van der Waals surface area (Å²) in [7, 11) is 0. The highest BCUT2D eigenvalue weighted by molar-refractivity contribution is 6.32. The molecule has 1 aromatic heterocycles. The zero-order valence-corrected chi connectivity index (χ0v) is 16.5. The number of rotatable bonds is 7. The molecule has 1 amide bonds. The van der Waals surface area contributed by atoms with Crippen LogP contribution in [0.25, 0.3) is 5.69 Å². The van der Waals surface area contributed by atoms with Gasteiger partial charge in [0.25, 0.3) is 5.91 Å². The van der Waals surface area contributed by atoms with Crippen molar-refractivity contribution in [2.45, 2.75) is 20.3 Å². The van der Waals surface area contributed by atoms with Crippen LogP contribution < -0.4 is 10.2 Å². The predicted octanol–water partition coefficient (Wildman–Crippen LogP) is 3.93. The maximum absolute atomic E-state index is 12.0. The van der Waals surface area contributed by atoms with E-state index < -0.39 is 0 Å². The summed E-state index contributed by atoms with van der Waals surface area (Å²) < 4.78 is 7.20. The Morgan fingerprint density at radius 2 is 1.93 bits per heavy atom. The van der Waals surface area contributed by atoms with E-state index in [2.05, 4.69) is 15.6 Å². The molecule has 0 radical (unpaired) electrons. The molecule has 1 heterocycles. The number of hydrogen-bond acceptors (Lipinski definition) is 4. The van der Waals surface area contributed by atoms with Crippen molar-refractivity contribution in [3.8, 4) is 11.4 Å². The molecule has 7 heteroatoms. The quantitative estimate of drug-likeness (QED) is 0.486. The van der Waals surface area contributed by atoms with E-state index in [1.807, 2.05) is 68.4 Å². The Balaban J connectivity index is 1.62. The first-order valence-electron chi connectivity index (χ1n) is 8.93. The summed E-state index contributed by atoms with van der Waals surface area (Å²) in [6, 6.07) is 17.2. The number of ether oxygens (including phenoxy) is 1. The van der Waals surface area contributed by atoms with Crippen LogP contribution in [-0.4, -0.2) is 28.5 Å². The molecule has 2 aromatic carbocycles. The molecule has 1 N–H and O–H groups in total. The molecule has 6 nitrogen and oxygen atoms in total. The van der Waals surface area contributed by atoms with Crippen molar-refractivity contribution in [3.05, 3.63) is 76.6 Å². The summed E-state index contributed by atoms with van der Waals surface area (Å²) in [5.74, 6) is 0.346. The second-order valence-electron chi connectivity index (χ2n) is 6.08. The highest BCUT2D eigenvalue weighted by Gasteiger charge is 2.13. The van der Waals surface area contributed by atoms with Gasteiger partial charge >= 0.3 is 0 Å². The molecular formula is C21H21ClN4O2. The first-order chi connectivity index (χ1) is 13.6. The molecule has 28 heavy (non-hydrogen) atoms. The molecule has 0 aliphatic rings. The number of nitrogens with one attached hydrogen (secondary N) is 1. The summed E-state index contributed by atoms with van der Waals surface area (Å²) in [4.78, 5) is 12.0. The molecule has 0 spiro atoms. The zero-order valence-electron chi connectivity index (χ0n) is 15.7. The van der Waals surface area contributed by atoms with Crippen LogP contribution in [0.15, 0.2) is 59.7 Å². The minimum atomic E-state index is -0.355. The maximum atomic E-state index is 12.0. The van der Waals surface area contributed by atoms with Gasteiger partial charge in [0.05, 0.1) is 23.2 Å². The first-order valence-corrected chi connectivity index (χ1v) is 9.31. The van der Waals surface area contributed by atoms with Gasteiger partial charge in [-0.3, -0.25) is 4.79 Å². The number of amides is 1. The highest BCUT2D eigenvalue weighted by Crippen LogP contribution is 2.22. The Bertz CT molecular complexity index is 983. The van der Waals surface area contributed by atoms with Gasteiger partial charge in [-0.15, -0.1) is 0 Å². The highest BCUT2D eigenvalue weighted by atomic mass is 35.5. The lowest BCUT2D eigenvalue weighted by molar-refractivity contribution is -0.123. The van der Waals surface area contributed by atoms with Gasteiger partial charge in [-0.25, -0.2) is 10.1 Å². The zero-order chi connectivity index (χ0) is 19.9. The molecular weight excluding hydrogens is 376 g/mol. The molecule has 3 aromatic rings. The van der Waals surface area contributed by atoms with Crippen LogP contribution in [0.2, 0.25) is 5.15 Å². The van der Waals surface area contributed by atoms with Crippen LogP contribution in [0.3, 0.4) is 0 Å². The largest absolute Gasteiger partial charge is 0.483 e. The molecule has 0 unspecified atom stereocenters. The van der Waals surface area contributed by atoms with E-state index in [4.69, 9.17) is 16.3 Å². The van der Waals surface area contributed by atoms with Crippen molar-refractivity contribution in [2.24, 2.45) is 5.10 Å². The van der Waals surface area contributed by atoms with Crippen LogP contribution in [0.5, 0.6) is 5.75 Å². The Kier molecular flexibility index (Phi) is 6.45. The van der Waals surface area contributed by atoms with E-state index in [0.717, 1.165) is 17.7 Å². The number of hydrogen-bond donors (Lipinski definition) is 1. The van der Waals surface area contributed by atoms with Crippen LogP contribution in [0, 0.1) is 6.92 Å². The van der Waals surface area contributed by atoms with Crippen molar-refractivity contribution in [1.82, 2.24) is 15.2 Å². The third kappa shape index (κ3) is 4.58. The standard InChI is InChI=1S/C21H21ClN4O2/c1-3-16-9-7-8-12-19(16)28-14-20(27)24-23-13-18-15(2)25-26(21(18)22)17-10-5-4-6-11-17/h4-13H,3,14H2,1-2H3,(H,24,27)/b23-13-. The lowest BCUT2D eigenvalue weighted by Gasteiger charge is -2.08. The maximum Gasteiger partial charge on any atom is 0.277 e. The lowest BCUT2D eigenvalue weighted by Crippen LogP contribution is -2.24. The fourth-order valence-corrected chi connectivity index (χ4v) is 3.00. The van der Waals surface area contributed by atoms with Gasteiger partial charge in [-0.05, 0) is 37.1 Å². The molecule has 0 fully saturated rings. The van der Waals surface area contributed by atoms with Gasteiger partial charge in [-0.1, -0.05) is 54.9 Å².